The highest BCUT2D eigenvalue weighted by Gasteiger charge is 2.35. The Morgan fingerprint density at radius 2 is 1.87 bits per heavy atom. The van der Waals surface area contributed by atoms with Gasteiger partial charge < -0.3 is 19.9 Å². The molecule has 2 aliphatic rings. The SMILES string of the molecule is CCC(CC(=O)NCCCN1CCCC1=O)c1ccc(Sc2ccccc2N2CCOCC2)c(C(F)(F)F)c1. The van der Waals surface area contributed by atoms with E-state index in [2.05, 4.69) is 10.2 Å². The van der Waals surface area contributed by atoms with Crippen LogP contribution in [-0.2, 0) is 20.5 Å². The lowest BCUT2D eigenvalue weighted by Gasteiger charge is -2.30. The number of benzene rings is 2. The van der Waals surface area contributed by atoms with E-state index in [1.165, 1.54) is 12.1 Å². The fourth-order valence-corrected chi connectivity index (χ4v) is 6.18. The summed E-state index contributed by atoms with van der Waals surface area (Å²) in [5, 5.41) is 2.87. The number of nitrogens with one attached hydrogen (secondary N) is 1. The molecule has 39 heavy (non-hydrogen) atoms. The highest BCUT2D eigenvalue weighted by molar-refractivity contribution is 7.99. The van der Waals surface area contributed by atoms with Crippen molar-refractivity contribution in [3.63, 3.8) is 0 Å². The van der Waals surface area contributed by atoms with Gasteiger partial charge in [0.25, 0.3) is 0 Å². The zero-order valence-electron chi connectivity index (χ0n) is 22.3. The van der Waals surface area contributed by atoms with Crippen molar-refractivity contribution in [3.8, 4) is 0 Å². The summed E-state index contributed by atoms with van der Waals surface area (Å²) in [5.74, 6) is -0.369. The molecule has 2 aromatic carbocycles. The van der Waals surface area contributed by atoms with Crippen molar-refractivity contribution in [2.45, 2.75) is 60.9 Å². The Labute approximate surface area is 232 Å². The van der Waals surface area contributed by atoms with Crippen LogP contribution in [0.1, 0.15) is 56.1 Å². The Bertz CT molecular complexity index is 1140. The number of para-hydroxylation sites is 1. The van der Waals surface area contributed by atoms with Crippen molar-refractivity contribution in [1.29, 1.82) is 0 Å². The van der Waals surface area contributed by atoms with Gasteiger partial charge in [-0.3, -0.25) is 9.59 Å². The number of nitrogens with zero attached hydrogens (tertiary/aromatic N) is 2. The van der Waals surface area contributed by atoms with E-state index in [0.29, 0.717) is 64.2 Å². The monoisotopic (exact) mass is 563 g/mol. The summed E-state index contributed by atoms with van der Waals surface area (Å²) in [6.07, 6.45) is -1.75. The van der Waals surface area contributed by atoms with E-state index in [0.717, 1.165) is 35.3 Å². The maximum Gasteiger partial charge on any atom is 0.417 e. The number of likely N-dealkylation sites (tertiary alicyclic amines) is 1. The highest BCUT2D eigenvalue weighted by Crippen LogP contribution is 2.44. The average molecular weight is 564 g/mol. The van der Waals surface area contributed by atoms with Gasteiger partial charge in [-0.2, -0.15) is 13.2 Å². The maximum absolute atomic E-state index is 14.2. The molecule has 0 bridgehead atoms. The first-order valence-electron chi connectivity index (χ1n) is 13.6. The molecule has 2 fully saturated rings. The van der Waals surface area contributed by atoms with Crippen molar-refractivity contribution >= 4 is 29.3 Å². The molecular weight excluding hydrogens is 527 g/mol. The number of rotatable bonds is 11. The standard InChI is InChI=1S/C29H36F3N3O3S/c1-2-21(20-27(36)33-12-6-14-35-13-5-9-28(35)37)22-10-11-25(23(19-22)29(30,31)32)39-26-8-4-3-7-24(26)34-15-17-38-18-16-34/h3-4,7-8,10-11,19,21H,2,5-6,9,12-18,20H2,1H3,(H,33,36). The third-order valence-corrected chi connectivity index (χ3v) is 8.38. The summed E-state index contributed by atoms with van der Waals surface area (Å²) in [5.41, 5.74) is 0.726. The van der Waals surface area contributed by atoms with Gasteiger partial charge in [0, 0.05) is 55.4 Å². The van der Waals surface area contributed by atoms with Crippen LogP contribution < -0.4 is 10.2 Å². The Balaban J connectivity index is 1.43. The van der Waals surface area contributed by atoms with Crippen molar-refractivity contribution in [1.82, 2.24) is 10.2 Å². The van der Waals surface area contributed by atoms with Crippen LogP contribution in [-0.4, -0.2) is 62.7 Å². The van der Waals surface area contributed by atoms with Crippen molar-refractivity contribution in [2.75, 3.05) is 50.8 Å². The minimum atomic E-state index is -4.53. The van der Waals surface area contributed by atoms with Crippen LogP contribution in [0.2, 0.25) is 0 Å². The Morgan fingerprint density at radius 3 is 2.56 bits per heavy atom. The second-order valence-electron chi connectivity index (χ2n) is 9.92. The van der Waals surface area contributed by atoms with Gasteiger partial charge in [0.2, 0.25) is 11.8 Å². The van der Waals surface area contributed by atoms with Crippen LogP contribution in [0.5, 0.6) is 0 Å². The fourth-order valence-electron chi connectivity index (χ4n) is 5.07. The van der Waals surface area contributed by atoms with Gasteiger partial charge in [0.15, 0.2) is 0 Å². The van der Waals surface area contributed by atoms with Gasteiger partial charge in [0.1, 0.15) is 0 Å². The van der Waals surface area contributed by atoms with E-state index >= 15 is 0 Å². The van der Waals surface area contributed by atoms with Gasteiger partial charge in [-0.15, -0.1) is 0 Å². The first-order valence-corrected chi connectivity index (χ1v) is 14.4. The Kier molecular flexibility index (Phi) is 10.2. The number of carbonyl (C=O) groups is 2. The molecule has 2 amide bonds. The predicted molar refractivity (Wildman–Crippen MR) is 146 cm³/mol. The zero-order chi connectivity index (χ0) is 27.8. The molecule has 2 saturated heterocycles. The quantitative estimate of drug-likeness (QED) is 0.355. The van der Waals surface area contributed by atoms with E-state index < -0.39 is 11.7 Å². The molecule has 10 heteroatoms. The average Bonchev–Trinajstić information content (AvgIpc) is 3.34. The number of morpholine rings is 1. The number of alkyl halides is 3. The van der Waals surface area contributed by atoms with Gasteiger partial charge >= 0.3 is 6.18 Å². The topological polar surface area (TPSA) is 61.9 Å². The number of hydrogen-bond donors (Lipinski definition) is 1. The highest BCUT2D eigenvalue weighted by atomic mass is 32.2. The maximum atomic E-state index is 14.2. The molecule has 2 aliphatic heterocycles. The summed E-state index contributed by atoms with van der Waals surface area (Å²) in [4.78, 5) is 29.1. The second-order valence-corrected chi connectivity index (χ2v) is 11.0. The van der Waals surface area contributed by atoms with E-state index in [1.54, 1.807) is 11.0 Å². The van der Waals surface area contributed by atoms with Crippen molar-refractivity contribution in [3.05, 3.63) is 53.6 Å². The lowest BCUT2D eigenvalue weighted by atomic mass is 9.91. The molecule has 1 unspecified atom stereocenters. The zero-order valence-corrected chi connectivity index (χ0v) is 23.1. The van der Waals surface area contributed by atoms with Crippen LogP contribution >= 0.6 is 11.8 Å². The molecule has 2 heterocycles. The van der Waals surface area contributed by atoms with Gasteiger partial charge in [-0.05, 0) is 55.0 Å². The van der Waals surface area contributed by atoms with Crippen molar-refractivity contribution in [2.24, 2.45) is 0 Å². The number of halogens is 3. The molecule has 1 N–H and O–H groups in total. The van der Waals surface area contributed by atoms with Gasteiger partial charge in [0.05, 0.1) is 24.5 Å². The molecule has 212 valence electrons. The lowest BCUT2D eigenvalue weighted by Crippen LogP contribution is -2.36. The molecule has 0 spiro atoms. The van der Waals surface area contributed by atoms with Crippen LogP contribution in [0, 0.1) is 0 Å². The summed E-state index contributed by atoms with van der Waals surface area (Å²) >= 11 is 1.12. The summed E-state index contributed by atoms with van der Waals surface area (Å²) < 4.78 is 48.1. The molecule has 4 rings (SSSR count). The van der Waals surface area contributed by atoms with Crippen molar-refractivity contribution < 1.29 is 27.5 Å². The molecule has 0 saturated carbocycles. The van der Waals surface area contributed by atoms with Crippen LogP contribution in [0.4, 0.5) is 18.9 Å². The largest absolute Gasteiger partial charge is 0.417 e. The van der Waals surface area contributed by atoms with E-state index in [-0.39, 0.29) is 29.0 Å². The normalized spacial score (nSPS) is 17.0. The first kappa shape index (κ1) is 29.3. The molecule has 6 nitrogen and oxygen atoms in total. The molecule has 0 aliphatic carbocycles. The van der Waals surface area contributed by atoms with Crippen LogP contribution in [0.25, 0.3) is 0 Å². The third kappa shape index (κ3) is 7.91. The van der Waals surface area contributed by atoms with Gasteiger partial charge in [-0.25, -0.2) is 0 Å². The third-order valence-electron chi connectivity index (χ3n) is 7.24. The molecule has 0 aromatic heterocycles. The summed E-state index contributed by atoms with van der Waals surface area (Å²) in [6, 6.07) is 12.0. The number of anilines is 1. The second kappa shape index (κ2) is 13.6. The number of ether oxygens (including phenoxy) is 1. The molecule has 2 aromatic rings. The van der Waals surface area contributed by atoms with E-state index in [9.17, 15) is 22.8 Å². The smallest absolute Gasteiger partial charge is 0.378 e. The lowest BCUT2D eigenvalue weighted by molar-refractivity contribution is -0.139. The number of amides is 2. The predicted octanol–water partition coefficient (Wildman–Crippen LogP) is 5.71. The van der Waals surface area contributed by atoms with E-state index in [1.807, 2.05) is 31.2 Å². The van der Waals surface area contributed by atoms with E-state index in [4.69, 9.17) is 4.74 Å². The van der Waals surface area contributed by atoms with Gasteiger partial charge in [-0.1, -0.05) is 36.9 Å². The number of hydrogen-bond acceptors (Lipinski definition) is 5. The summed E-state index contributed by atoms with van der Waals surface area (Å²) in [7, 11) is 0. The minimum Gasteiger partial charge on any atom is -0.378 e. The number of carbonyl (C=O) groups excluding carboxylic acids is 2. The fraction of sp³-hybridized carbons (Fsp3) is 0.517. The van der Waals surface area contributed by atoms with Crippen LogP contribution in [0.3, 0.4) is 0 Å². The van der Waals surface area contributed by atoms with Crippen LogP contribution in [0.15, 0.2) is 52.3 Å². The first-order chi connectivity index (χ1) is 18.8. The minimum absolute atomic E-state index is 0.114. The molecule has 0 radical (unpaired) electrons. The molecule has 1 atom stereocenters. The molecular formula is C29H36F3N3O3S. The Morgan fingerprint density at radius 1 is 1.10 bits per heavy atom. The Hall–Kier alpha value is -2.72. The summed E-state index contributed by atoms with van der Waals surface area (Å²) in [6.45, 7) is 6.25.